The van der Waals surface area contributed by atoms with Gasteiger partial charge in [-0.15, -0.1) is 0 Å². The predicted molar refractivity (Wildman–Crippen MR) is 100 cm³/mol. The van der Waals surface area contributed by atoms with E-state index in [1.807, 2.05) is 0 Å². The van der Waals surface area contributed by atoms with Gasteiger partial charge in [0.1, 0.15) is 0 Å². The minimum Gasteiger partial charge on any atom is -0.493 e. The molecule has 1 aromatic rings. The zero-order chi connectivity index (χ0) is 18.1. The molecule has 0 aromatic heterocycles. The number of nitrogens with zero attached hydrogens (tertiary/aromatic N) is 1. The van der Waals surface area contributed by atoms with E-state index in [2.05, 4.69) is 41.7 Å². The van der Waals surface area contributed by atoms with Crippen LogP contribution in [0.5, 0.6) is 17.2 Å². The molecule has 6 heteroatoms. The molecule has 2 saturated heterocycles. The van der Waals surface area contributed by atoms with Gasteiger partial charge >= 0.3 is 0 Å². The summed E-state index contributed by atoms with van der Waals surface area (Å²) in [5.74, 6) is 3.76. The molecule has 2 N–H and O–H groups in total. The number of hydrogen-bond donors (Lipinski definition) is 2. The Hall–Kier alpha value is -1.50. The lowest BCUT2D eigenvalue weighted by atomic mass is 9.85. The van der Waals surface area contributed by atoms with Gasteiger partial charge < -0.3 is 14.2 Å². The van der Waals surface area contributed by atoms with Crippen LogP contribution in [0.3, 0.4) is 0 Å². The topological polar surface area (TPSA) is 55.0 Å². The van der Waals surface area contributed by atoms with Crippen molar-refractivity contribution in [3.05, 3.63) is 17.7 Å². The third-order valence-corrected chi connectivity index (χ3v) is 6.09. The minimum absolute atomic E-state index is 0.278. The highest BCUT2D eigenvalue weighted by Gasteiger charge is 2.33. The van der Waals surface area contributed by atoms with Gasteiger partial charge in [0, 0.05) is 18.6 Å². The van der Waals surface area contributed by atoms with Crippen LogP contribution in [0.4, 0.5) is 0 Å². The van der Waals surface area contributed by atoms with E-state index in [0.717, 1.165) is 42.8 Å². The van der Waals surface area contributed by atoms with Crippen molar-refractivity contribution in [3.8, 4) is 17.2 Å². The van der Waals surface area contributed by atoms with Gasteiger partial charge in [0.2, 0.25) is 12.5 Å². The number of hydrogen-bond acceptors (Lipinski definition) is 6. The Morgan fingerprint density at radius 3 is 2.69 bits per heavy atom. The van der Waals surface area contributed by atoms with Crippen LogP contribution in [0.2, 0.25) is 0 Å². The van der Waals surface area contributed by atoms with Crippen molar-refractivity contribution in [3.63, 3.8) is 0 Å². The molecule has 0 bridgehead atoms. The van der Waals surface area contributed by atoms with E-state index in [9.17, 15) is 0 Å². The number of piperidine rings is 1. The number of nitrogens with one attached hydrogen (secondary N) is 2. The van der Waals surface area contributed by atoms with Crippen molar-refractivity contribution in [1.29, 1.82) is 0 Å². The van der Waals surface area contributed by atoms with Crippen molar-refractivity contribution >= 4 is 0 Å². The maximum atomic E-state index is 5.55. The fraction of sp³-hybridized carbons (Fsp3) is 0.700. The molecular weight excluding hydrogens is 330 g/mol. The minimum atomic E-state index is 0.278. The van der Waals surface area contributed by atoms with E-state index in [-0.39, 0.29) is 6.79 Å². The monoisotopic (exact) mass is 361 g/mol. The smallest absolute Gasteiger partial charge is 0.231 e. The Morgan fingerprint density at radius 2 is 2.00 bits per heavy atom. The summed E-state index contributed by atoms with van der Waals surface area (Å²) in [6, 6.07) is 5.40. The molecule has 4 rings (SSSR count). The van der Waals surface area contributed by atoms with Crippen LogP contribution in [-0.4, -0.2) is 44.0 Å². The summed E-state index contributed by atoms with van der Waals surface area (Å²) in [4.78, 5) is 2.54. The molecule has 2 atom stereocenters. The standard InChI is InChI=1S/C20H31N3O3/c1-13(2)16-10-17(22-21-16)15-4-6-23(7-5-15)11-14-8-18(24-3)20-19(9-14)25-12-26-20/h8-9,13,15-17,21-22H,4-7,10-12H2,1-3H3. The third kappa shape index (κ3) is 3.63. The lowest BCUT2D eigenvalue weighted by Gasteiger charge is -2.34. The van der Waals surface area contributed by atoms with E-state index in [1.165, 1.54) is 24.8 Å². The number of fused-ring (bicyclic) bond motifs is 1. The van der Waals surface area contributed by atoms with E-state index in [4.69, 9.17) is 14.2 Å². The Labute approximate surface area is 156 Å². The van der Waals surface area contributed by atoms with Crippen molar-refractivity contribution < 1.29 is 14.2 Å². The fourth-order valence-electron chi connectivity index (χ4n) is 4.40. The molecular formula is C20H31N3O3. The van der Waals surface area contributed by atoms with E-state index in [1.54, 1.807) is 7.11 Å². The van der Waals surface area contributed by atoms with E-state index >= 15 is 0 Å². The van der Waals surface area contributed by atoms with Crippen LogP contribution in [0.1, 0.15) is 38.7 Å². The molecule has 0 radical (unpaired) electrons. The number of rotatable bonds is 5. The van der Waals surface area contributed by atoms with E-state index < -0.39 is 0 Å². The van der Waals surface area contributed by atoms with Crippen molar-refractivity contribution in [2.24, 2.45) is 11.8 Å². The van der Waals surface area contributed by atoms with Gasteiger partial charge in [-0.3, -0.25) is 15.8 Å². The largest absolute Gasteiger partial charge is 0.493 e. The van der Waals surface area contributed by atoms with Gasteiger partial charge in [-0.05, 0) is 61.9 Å². The van der Waals surface area contributed by atoms with Gasteiger partial charge in [-0.25, -0.2) is 0 Å². The van der Waals surface area contributed by atoms with Gasteiger partial charge in [-0.2, -0.15) is 0 Å². The third-order valence-electron chi connectivity index (χ3n) is 6.09. The second kappa shape index (κ2) is 7.62. The van der Waals surface area contributed by atoms with Crippen molar-refractivity contribution in [1.82, 2.24) is 15.8 Å². The zero-order valence-corrected chi connectivity index (χ0v) is 16.1. The Bertz CT molecular complexity index is 629. The molecule has 1 aromatic carbocycles. The number of likely N-dealkylation sites (tertiary alicyclic amines) is 1. The molecule has 0 amide bonds. The quantitative estimate of drug-likeness (QED) is 0.841. The van der Waals surface area contributed by atoms with Crippen LogP contribution in [0.15, 0.2) is 12.1 Å². The van der Waals surface area contributed by atoms with Crippen molar-refractivity contribution in [2.45, 2.75) is 51.7 Å². The number of ether oxygens (including phenoxy) is 3. The fourth-order valence-corrected chi connectivity index (χ4v) is 4.40. The van der Waals surface area contributed by atoms with Crippen LogP contribution in [-0.2, 0) is 6.54 Å². The van der Waals surface area contributed by atoms with Gasteiger partial charge in [0.05, 0.1) is 7.11 Å². The number of hydrazine groups is 1. The first-order valence-electron chi connectivity index (χ1n) is 9.84. The Morgan fingerprint density at radius 1 is 1.19 bits per heavy atom. The molecule has 3 aliphatic heterocycles. The molecule has 3 aliphatic rings. The first kappa shape index (κ1) is 17.9. The van der Waals surface area contributed by atoms with E-state index in [0.29, 0.717) is 18.0 Å². The maximum Gasteiger partial charge on any atom is 0.231 e. The normalized spacial score (nSPS) is 26.6. The molecule has 144 valence electrons. The van der Waals surface area contributed by atoms with Crippen LogP contribution in [0, 0.1) is 11.8 Å². The summed E-state index contributed by atoms with van der Waals surface area (Å²) in [5, 5.41) is 0. The van der Waals surface area contributed by atoms with Crippen LogP contribution >= 0.6 is 0 Å². The molecule has 0 aliphatic carbocycles. The zero-order valence-electron chi connectivity index (χ0n) is 16.1. The maximum absolute atomic E-state index is 5.55. The van der Waals surface area contributed by atoms with Gasteiger partial charge in [0.25, 0.3) is 0 Å². The highest BCUT2D eigenvalue weighted by molar-refractivity contribution is 5.55. The average molecular weight is 361 g/mol. The molecule has 2 unspecified atom stereocenters. The van der Waals surface area contributed by atoms with Gasteiger partial charge in [-0.1, -0.05) is 13.8 Å². The second-order valence-electron chi connectivity index (χ2n) is 8.13. The highest BCUT2D eigenvalue weighted by Crippen LogP contribution is 2.42. The molecule has 26 heavy (non-hydrogen) atoms. The lowest BCUT2D eigenvalue weighted by molar-refractivity contribution is 0.155. The summed E-state index contributed by atoms with van der Waals surface area (Å²) >= 11 is 0. The Kier molecular flexibility index (Phi) is 5.25. The van der Waals surface area contributed by atoms with Crippen LogP contribution in [0.25, 0.3) is 0 Å². The predicted octanol–water partition coefficient (Wildman–Crippen LogP) is 2.53. The summed E-state index contributed by atoms with van der Waals surface area (Å²) in [6.07, 6.45) is 3.76. The highest BCUT2D eigenvalue weighted by atomic mass is 16.7. The van der Waals surface area contributed by atoms with Crippen molar-refractivity contribution in [2.75, 3.05) is 27.0 Å². The lowest BCUT2D eigenvalue weighted by Crippen LogP contribution is -2.42. The first-order valence-corrected chi connectivity index (χ1v) is 9.84. The number of methoxy groups -OCH3 is 1. The molecule has 3 heterocycles. The van der Waals surface area contributed by atoms with Gasteiger partial charge in [0.15, 0.2) is 11.5 Å². The summed E-state index contributed by atoms with van der Waals surface area (Å²) in [6.45, 7) is 8.09. The molecule has 2 fully saturated rings. The van der Waals surface area contributed by atoms with Crippen LogP contribution < -0.4 is 25.1 Å². The summed E-state index contributed by atoms with van der Waals surface area (Å²) < 4.78 is 16.5. The summed E-state index contributed by atoms with van der Waals surface area (Å²) in [7, 11) is 1.68. The summed E-state index contributed by atoms with van der Waals surface area (Å²) in [5.41, 5.74) is 8.26. The SMILES string of the molecule is COc1cc(CN2CCC(C3CC(C(C)C)NN3)CC2)cc2c1OCO2. The second-order valence-corrected chi connectivity index (χ2v) is 8.13. The first-order chi connectivity index (χ1) is 12.6. The number of benzene rings is 1. The molecule has 0 saturated carbocycles. The average Bonchev–Trinajstić information content (AvgIpc) is 3.31. The Balaban J connectivity index is 1.32. The molecule has 6 nitrogen and oxygen atoms in total. The molecule has 0 spiro atoms.